The summed E-state index contributed by atoms with van der Waals surface area (Å²) in [4.78, 5) is 0. The van der Waals surface area contributed by atoms with Gasteiger partial charge in [-0.1, -0.05) is 97.7 Å². The van der Waals surface area contributed by atoms with Crippen molar-refractivity contribution in [3.8, 4) is 0 Å². The molecule has 0 aromatic rings. The quantitative estimate of drug-likeness (QED) is 0.193. The Morgan fingerprint density at radius 2 is 0.281 bits per heavy atom. The van der Waals surface area contributed by atoms with Crippen molar-refractivity contribution in [1.29, 1.82) is 0 Å². The molecule has 0 radical (unpaired) electrons. The maximum atomic E-state index is 7.13. The van der Waals surface area contributed by atoms with Crippen molar-refractivity contribution < 1.29 is 90.6 Å². The average Bonchev–Trinajstić information content (AvgIpc) is 2.45. The summed E-state index contributed by atoms with van der Waals surface area (Å²) in [7, 11) is 0. The van der Waals surface area contributed by atoms with E-state index in [1.165, 1.54) is 41.3 Å². The maximum Gasteiger partial charge on any atom is 2.00 e. The number of hydrogen-bond acceptors (Lipinski definition) is 8. The van der Waals surface area contributed by atoms with Crippen LogP contribution in [-0.2, 0) is 63.2 Å². The molecular formula is C8H10Mo3N8O5S8-4. The van der Waals surface area contributed by atoms with Gasteiger partial charge in [-0.25, -0.2) is 0 Å². The third kappa shape index (κ3) is 369000. The zero-order valence-electron chi connectivity index (χ0n) is 14.6. The van der Waals surface area contributed by atoms with Crippen molar-refractivity contribution in [1.82, 2.24) is 0 Å². The van der Waals surface area contributed by atoms with Gasteiger partial charge in [-0.05, 0) is 0 Å². The fourth-order valence-electron chi connectivity index (χ4n) is 0. The molecule has 0 saturated heterocycles. The van der Waals surface area contributed by atoms with E-state index in [0.717, 1.165) is 0 Å². The molecule has 0 aromatic heterocycles. The van der Waals surface area contributed by atoms with E-state index in [0.29, 0.717) is 0 Å². The second-order valence-electron chi connectivity index (χ2n) is 0.730. The zero-order valence-corrected chi connectivity index (χ0v) is 27.1. The molecule has 0 spiro atoms. The van der Waals surface area contributed by atoms with Crippen LogP contribution in [0.5, 0.6) is 0 Å². The minimum absolute atomic E-state index is 0. The summed E-state index contributed by atoms with van der Waals surface area (Å²) in [6.45, 7) is 0. The fourth-order valence-corrected chi connectivity index (χ4v) is 0. The molecule has 0 rings (SSSR count). The molecule has 0 aromatic carbocycles. The summed E-state index contributed by atoms with van der Waals surface area (Å²) >= 11 is 29.6. The van der Waals surface area contributed by atoms with Gasteiger partial charge in [0.15, 0.2) is 0 Å². The summed E-state index contributed by atoms with van der Waals surface area (Å²) in [5, 5.41) is 67.7. The van der Waals surface area contributed by atoms with E-state index < -0.39 is 0 Å². The van der Waals surface area contributed by atoms with Gasteiger partial charge in [-0.3, -0.25) is 0 Å². The van der Waals surface area contributed by atoms with Gasteiger partial charge in [0.05, 0.1) is 0 Å². The van der Waals surface area contributed by atoms with Crippen LogP contribution in [0.3, 0.4) is 0 Å². The molecule has 0 atom stereocenters. The predicted molar refractivity (Wildman–Crippen MR) is 146 cm³/mol. The third-order valence-corrected chi connectivity index (χ3v) is 0. The number of nitrogens with zero attached hydrogens (tertiary/aromatic N) is 8. The molecule has 182 valence electrons. The van der Waals surface area contributed by atoms with Gasteiger partial charge in [0.2, 0.25) is 0 Å². The van der Waals surface area contributed by atoms with Crippen molar-refractivity contribution in [3.05, 3.63) is 43.3 Å². The molecule has 0 aliphatic heterocycles. The number of rotatable bonds is 0. The van der Waals surface area contributed by atoms with Crippen molar-refractivity contribution in [3.63, 3.8) is 0 Å². The first-order valence-corrected chi connectivity index (χ1v) is 6.69. The predicted octanol–water partition coefficient (Wildman–Crippen LogP) is 1.14. The van der Waals surface area contributed by atoms with Gasteiger partial charge < -0.3 is 70.7 Å². The monoisotopic (exact) mass is 848 g/mol. The van der Waals surface area contributed by atoms with Gasteiger partial charge in [0.1, 0.15) is 0 Å². The normalized spacial score (nSPS) is 2.00. The largest absolute Gasteiger partial charge is 2.00 e. The van der Waals surface area contributed by atoms with Crippen LogP contribution in [0.25, 0.3) is 43.3 Å². The van der Waals surface area contributed by atoms with Gasteiger partial charge >= 0.3 is 42.1 Å². The molecule has 32 heavy (non-hydrogen) atoms. The molecule has 0 unspecified atom stereocenters. The van der Waals surface area contributed by atoms with Crippen LogP contribution in [0.2, 0.25) is 0 Å². The van der Waals surface area contributed by atoms with Crippen molar-refractivity contribution in [2.75, 3.05) is 0 Å². The number of hydrogen-bond donors (Lipinski definition) is 0. The molecule has 0 fully saturated rings. The molecule has 0 amide bonds. The average molecular weight is 843 g/mol. The molecule has 10 N–H and O–H groups in total. The Morgan fingerprint density at radius 1 is 0.281 bits per heavy atom. The van der Waals surface area contributed by atoms with Crippen LogP contribution in [-0.4, -0.2) is 68.7 Å². The van der Waals surface area contributed by atoms with E-state index in [-0.39, 0.29) is 90.6 Å². The molecule has 24 heteroatoms. The van der Waals surface area contributed by atoms with Gasteiger partial charge in [-0.15, -0.1) is 0 Å². The molecular weight excluding hydrogens is 832 g/mol. The summed E-state index contributed by atoms with van der Waals surface area (Å²) < 4.78 is 0. The Labute approximate surface area is 269 Å². The van der Waals surface area contributed by atoms with E-state index in [1.807, 2.05) is 0 Å². The Morgan fingerprint density at radius 3 is 0.281 bits per heavy atom. The summed E-state index contributed by atoms with van der Waals surface area (Å²) in [6, 6.07) is 0. The van der Waals surface area contributed by atoms with Crippen LogP contribution in [0.4, 0.5) is 0 Å². The topological polar surface area (TPSA) is 336 Å². The van der Waals surface area contributed by atoms with Crippen molar-refractivity contribution >= 4 is 139 Å². The van der Waals surface area contributed by atoms with Gasteiger partial charge in [0.25, 0.3) is 0 Å². The molecule has 0 saturated carbocycles. The van der Waals surface area contributed by atoms with Crippen LogP contribution >= 0.6 is 97.7 Å². The Hall–Kier alpha value is 0.265. The second-order valence-corrected chi connectivity index (χ2v) is 2.19. The minimum atomic E-state index is 0. The molecule has 0 heterocycles. The van der Waals surface area contributed by atoms with Crippen LogP contribution in [0.1, 0.15) is 0 Å². The maximum absolute atomic E-state index is 7.13. The minimum Gasteiger partial charge on any atom is -0.753 e. The SMILES string of the molecule is O.O.O.O.O.[Mo+2].[Mo+2].[Mo].[N-]=C=S.[N-]=C=S.[N-]=C=S.[N-]=C=S.[N-]=C=S.[N-]=C=S.[N-]=C=S.[N-]=C=S. The number of thiocarbonyl (C=S) groups is 8. The summed E-state index contributed by atoms with van der Waals surface area (Å²) in [6.07, 6.45) is 0. The van der Waals surface area contributed by atoms with Crippen LogP contribution in [0, 0.1) is 0 Å². The smallest absolute Gasteiger partial charge is 0.753 e. The first-order chi connectivity index (χ1) is 11.3. The first kappa shape index (κ1) is 119. The van der Waals surface area contributed by atoms with Crippen molar-refractivity contribution in [2.24, 2.45) is 0 Å². The van der Waals surface area contributed by atoms with Crippen LogP contribution < -0.4 is 0 Å². The van der Waals surface area contributed by atoms with E-state index in [4.69, 9.17) is 43.3 Å². The Bertz CT molecular complexity index is 384. The van der Waals surface area contributed by atoms with Crippen LogP contribution in [0.15, 0.2) is 0 Å². The summed E-state index contributed by atoms with van der Waals surface area (Å²) in [5.41, 5.74) is 0. The Balaban J connectivity index is -0.00000000631. The molecule has 0 bridgehead atoms. The van der Waals surface area contributed by atoms with E-state index in [9.17, 15) is 0 Å². The van der Waals surface area contributed by atoms with Gasteiger partial charge in [-0.2, -0.15) is 41.3 Å². The standard InChI is InChI=1S/8CNS.3Mo.5H2O/c8*2-1-3;;;;;;;;/h;;;;;;;;;;;5*1H2/q8*-1;;2*+2;;;;;. The fraction of sp³-hybridized carbons (Fsp3) is 0. The first-order valence-electron chi connectivity index (χ1n) is 3.42. The van der Waals surface area contributed by atoms with E-state index in [1.54, 1.807) is 0 Å². The molecule has 0 aliphatic rings. The molecule has 0 aliphatic carbocycles. The third-order valence-electron chi connectivity index (χ3n) is 0. The second kappa shape index (κ2) is 419. The Kier molecular flexibility index (Phi) is 1560. The molecule has 13 nitrogen and oxygen atoms in total. The van der Waals surface area contributed by atoms with Gasteiger partial charge in [0, 0.05) is 21.1 Å². The van der Waals surface area contributed by atoms with Crippen molar-refractivity contribution in [2.45, 2.75) is 0 Å². The van der Waals surface area contributed by atoms with E-state index in [2.05, 4.69) is 97.7 Å². The van der Waals surface area contributed by atoms with E-state index >= 15 is 0 Å². The zero-order chi connectivity index (χ0) is 21.7. The summed E-state index contributed by atoms with van der Waals surface area (Å²) in [5.74, 6) is 0. The number of isothiocyanates is 8.